The van der Waals surface area contributed by atoms with Gasteiger partial charge >= 0.3 is 12.3 Å². The van der Waals surface area contributed by atoms with Crippen LogP contribution < -0.4 is 5.32 Å². The molecule has 0 aliphatic carbocycles. The van der Waals surface area contributed by atoms with E-state index in [0.717, 1.165) is 0 Å². The van der Waals surface area contributed by atoms with Crippen molar-refractivity contribution >= 4 is 6.09 Å². The van der Waals surface area contributed by atoms with Gasteiger partial charge in [-0.05, 0) is 20.8 Å². The summed E-state index contributed by atoms with van der Waals surface area (Å²) in [5.41, 5.74) is 0. The van der Waals surface area contributed by atoms with Crippen LogP contribution in [-0.4, -0.2) is 54.4 Å². The number of hydrogen-bond donors (Lipinski definition) is 1. The van der Waals surface area contributed by atoms with Gasteiger partial charge in [0.25, 0.3) is 5.92 Å². The Balaban J connectivity index is 2.58. The molecule has 0 spiro atoms. The van der Waals surface area contributed by atoms with E-state index < -0.39 is 36.9 Å². The number of halogens is 5. The highest BCUT2D eigenvalue weighted by molar-refractivity contribution is 5.68. The molecule has 1 aliphatic heterocycles. The third-order valence-electron chi connectivity index (χ3n) is 3.09. The lowest BCUT2D eigenvalue weighted by Crippen LogP contribution is -2.46. The molecule has 1 N–H and O–H groups in total. The van der Waals surface area contributed by atoms with Crippen molar-refractivity contribution in [2.24, 2.45) is 0 Å². The Kier molecular flexibility index (Phi) is 4.83. The molecule has 20 heavy (non-hydrogen) atoms. The van der Waals surface area contributed by atoms with E-state index in [4.69, 9.17) is 0 Å². The highest BCUT2D eigenvalue weighted by atomic mass is 19.4. The zero-order valence-corrected chi connectivity index (χ0v) is 11.3. The van der Waals surface area contributed by atoms with Gasteiger partial charge in [0.15, 0.2) is 6.10 Å². The number of carbonyl (C=O) groups excluding carboxylic acids is 1. The minimum absolute atomic E-state index is 0.174. The second-order valence-corrected chi connectivity index (χ2v) is 5.09. The lowest BCUT2D eigenvalue weighted by Gasteiger charge is -2.21. The van der Waals surface area contributed by atoms with Crippen LogP contribution in [0.4, 0.5) is 26.7 Å². The van der Waals surface area contributed by atoms with Crippen molar-refractivity contribution in [1.29, 1.82) is 0 Å². The number of alkyl halides is 5. The molecule has 1 rings (SSSR count). The van der Waals surface area contributed by atoms with Gasteiger partial charge in [0.1, 0.15) is 6.04 Å². The SMILES string of the molecule is CC(C)N1C[C@H](OC(=O)N[C@@H](C)C(F)(F)F)C(F)(F)C1. The first-order valence-electron chi connectivity index (χ1n) is 6.09. The highest BCUT2D eigenvalue weighted by Crippen LogP contribution is 2.31. The maximum absolute atomic E-state index is 13.6. The maximum atomic E-state index is 13.6. The Morgan fingerprint density at radius 2 is 1.90 bits per heavy atom. The number of amides is 1. The van der Waals surface area contributed by atoms with Crippen molar-refractivity contribution in [2.75, 3.05) is 13.1 Å². The quantitative estimate of drug-likeness (QED) is 0.814. The lowest BCUT2D eigenvalue weighted by atomic mass is 10.2. The molecule has 0 aromatic rings. The Bertz CT molecular complexity index is 359. The van der Waals surface area contributed by atoms with Gasteiger partial charge in [-0.15, -0.1) is 0 Å². The second-order valence-electron chi connectivity index (χ2n) is 5.09. The second kappa shape index (κ2) is 5.71. The molecule has 0 radical (unpaired) electrons. The van der Waals surface area contributed by atoms with Gasteiger partial charge in [-0.2, -0.15) is 13.2 Å². The van der Waals surface area contributed by atoms with E-state index in [1.54, 1.807) is 13.8 Å². The fourth-order valence-corrected chi connectivity index (χ4v) is 1.72. The van der Waals surface area contributed by atoms with E-state index in [0.29, 0.717) is 6.92 Å². The Morgan fingerprint density at radius 1 is 1.35 bits per heavy atom. The topological polar surface area (TPSA) is 41.6 Å². The van der Waals surface area contributed by atoms with Crippen LogP contribution in [0.5, 0.6) is 0 Å². The fraction of sp³-hybridized carbons (Fsp3) is 0.909. The molecule has 1 fully saturated rings. The summed E-state index contributed by atoms with van der Waals surface area (Å²) in [5, 5.41) is 1.49. The standard InChI is InChI=1S/C11H17F5N2O2/c1-6(2)18-4-8(10(12,13)5-18)20-9(19)17-7(3)11(14,15)16/h6-8H,4-5H2,1-3H3,(H,17,19)/t7-,8-/m0/s1. The van der Waals surface area contributed by atoms with Gasteiger partial charge in [0.05, 0.1) is 6.54 Å². The van der Waals surface area contributed by atoms with E-state index in [9.17, 15) is 26.7 Å². The van der Waals surface area contributed by atoms with Crippen molar-refractivity contribution in [1.82, 2.24) is 10.2 Å². The summed E-state index contributed by atoms with van der Waals surface area (Å²) in [6, 6.07) is -2.34. The molecule has 0 aromatic heterocycles. The molecule has 2 atom stereocenters. The van der Waals surface area contributed by atoms with Gasteiger partial charge in [0.2, 0.25) is 0 Å². The summed E-state index contributed by atoms with van der Waals surface area (Å²) in [7, 11) is 0. The summed E-state index contributed by atoms with van der Waals surface area (Å²) in [6.07, 6.45) is -7.89. The van der Waals surface area contributed by atoms with Crippen LogP contribution in [0.2, 0.25) is 0 Å². The monoisotopic (exact) mass is 304 g/mol. The van der Waals surface area contributed by atoms with E-state index in [-0.39, 0.29) is 12.6 Å². The first-order chi connectivity index (χ1) is 8.93. The summed E-state index contributed by atoms with van der Waals surface area (Å²) < 4.78 is 68.2. The highest BCUT2D eigenvalue weighted by Gasteiger charge is 2.51. The minimum Gasteiger partial charge on any atom is -0.438 e. The molecule has 1 aliphatic rings. The van der Waals surface area contributed by atoms with E-state index >= 15 is 0 Å². The van der Waals surface area contributed by atoms with Gasteiger partial charge in [-0.3, -0.25) is 4.90 Å². The molecule has 4 nitrogen and oxygen atoms in total. The molecule has 1 saturated heterocycles. The third-order valence-corrected chi connectivity index (χ3v) is 3.09. The smallest absolute Gasteiger partial charge is 0.408 e. The summed E-state index contributed by atoms with van der Waals surface area (Å²) in [6.45, 7) is 3.30. The number of likely N-dealkylation sites (tertiary alicyclic amines) is 1. The molecule has 1 amide bonds. The maximum Gasteiger partial charge on any atom is 0.408 e. The Morgan fingerprint density at radius 3 is 2.30 bits per heavy atom. The number of nitrogens with one attached hydrogen (secondary N) is 1. The van der Waals surface area contributed by atoms with Crippen LogP contribution in [0.1, 0.15) is 20.8 Å². The van der Waals surface area contributed by atoms with Crippen LogP contribution in [0.3, 0.4) is 0 Å². The van der Waals surface area contributed by atoms with Gasteiger partial charge in [0, 0.05) is 12.6 Å². The average molecular weight is 304 g/mol. The van der Waals surface area contributed by atoms with E-state index in [2.05, 4.69) is 4.74 Å². The third kappa shape index (κ3) is 4.19. The van der Waals surface area contributed by atoms with Crippen LogP contribution in [0.15, 0.2) is 0 Å². The number of rotatable bonds is 3. The van der Waals surface area contributed by atoms with Gasteiger partial charge in [-0.1, -0.05) is 0 Å². The fourth-order valence-electron chi connectivity index (χ4n) is 1.72. The number of ether oxygens (including phenoxy) is 1. The zero-order valence-electron chi connectivity index (χ0n) is 11.3. The van der Waals surface area contributed by atoms with Crippen LogP contribution in [0, 0.1) is 0 Å². The molecule has 0 aromatic carbocycles. The number of carbonyl (C=O) groups is 1. The summed E-state index contributed by atoms with van der Waals surface area (Å²) in [4.78, 5) is 12.6. The van der Waals surface area contributed by atoms with Crippen molar-refractivity contribution in [3.05, 3.63) is 0 Å². The van der Waals surface area contributed by atoms with Crippen molar-refractivity contribution in [2.45, 2.75) is 51.1 Å². The molecule has 0 unspecified atom stereocenters. The zero-order chi connectivity index (χ0) is 15.7. The van der Waals surface area contributed by atoms with Gasteiger partial charge < -0.3 is 10.1 Å². The normalized spacial score (nSPS) is 24.8. The Labute approximate surface area is 113 Å². The molecule has 118 valence electrons. The number of hydrogen-bond acceptors (Lipinski definition) is 3. The first kappa shape index (κ1) is 16.9. The number of alkyl carbamates (subject to hydrolysis) is 1. The van der Waals surface area contributed by atoms with E-state index in [1.807, 2.05) is 0 Å². The summed E-state index contributed by atoms with van der Waals surface area (Å²) >= 11 is 0. The van der Waals surface area contributed by atoms with Crippen molar-refractivity contribution in [3.8, 4) is 0 Å². The predicted molar refractivity (Wildman–Crippen MR) is 60.6 cm³/mol. The molecule has 0 saturated carbocycles. The molecule has 0 bridgehead atoms. The molecule has 9 heteroatoms. The largest absolute Gasteiger partial charge is 0.438 e. The van der Waals surface area contributed by atoms with Crippen LogP contribution in [0.25, 0.3) is 0 Å². The number of nitrogens with zero attached hydrogens (tertiary/aromatic N) is 1. The predicted octanol–water partition coefficient (Wildman–Crippen LogP) is 2.39. The van der Waals surface area contributed by atoms with Crippen LogP contribution >= 0.6 is 0 Å². The average Bonchev–Trinajstić information content (AvgIpc) is 2.53. The lowest BCUT2D eigenvalue weighted by molar-refractivity contribution is -0.151. The summed E-state index contributed by atoms with van der Waals surface area (Å²) in [5.74, 6) is -3.27. The molecular weight excluding hydrogens is 287 g/mol. The molecular formula is C11H17F5N2O2. The van der Waals surface area contributed by atoms with Crippen molar-refractivity contribution < 1.29 is 31.5 Å². The molecule has 1 heterocycles. The van der Waals surface area contributed by atoms with E-state index in [1.165, 1.54) is 10.2 Å². The first-order valence-corrected chi connectivity index (χ1v) is 6.09. The van der Waals surface area contributed by atoms with Crippen LogP contribution in [-0.2, 0) is 4.74 Å². The van der Waals surface area contributed by atoms with Gasteiger partial charge in [-0.25, -0.2) is 13.6 Å². The minimum atomic E-state index is -4.65. The Hall–Kier alpha value is -1.12. The van der Waals surface area contributed by atoms with Crippen molar-refractivity contribution in [3.63, 3.8) is 0 Å².